The average molecular weight is 271 g/mol. The van der Waals surface area contributed by atoms with E-state index in [-0.39, 0.29) is 11.0 Å². The highest BCUT2D eigenvalue weighted by molar-refractivity contribution is 4.93. The maximum atomic E-state index is 5.82. The summed E-state index contributed by atoms with van der Waals surface area (Å²) in [6.45, 7) is 14.7. The molecular weight excluding hydrogens is 238 g/mol. The van der Waals surface area contributed by atoms with E-state index in [0.717, 1.165) is 39.2 Å². The monoisotopic (exact) mass is 271 g/mol. The van der Waals surface area contributed by atoms with Gasteiger partial charge in [-0.05, 0) is 47.0 Å². The minimum atomic E-state index is 0.165. The van der Waals surface area contributed by atoms with E-state index in [0.29, 0.717) is 6.10 Å². The summed E-state index contributed by atoms with van der Waals surface area (Å²) in [7, 11) is 0. The number of hydrogen-bond acceptors (Lipinski definition) is 3. The van der Waals surface area contributed by atoms with Gasteiger partial charge in [-0.3, -0.25) is 0 Å². The topological polar surface area (TPSA) is 30.5 Å². The van der Waals surface area contributed by atoms with Gasteiger partial charge in [-0.1, -0.05) is 13.3 Å². The molecule has 1 fully saturated rings. The molecule has 0 radical (unpaired) electrons. The molecule has 19 heavy (non-hydrogen) atoms. The zero-order valence-corrected chi connectivity index (χ0v) is 13.6. The number of hydrogen-bond donors (Lipinski definition) is 1. The second kappa shape index (κ2) is 7.61. The Morgan fingerprint density at radius 2 is 2.05 bits per heavy atom. The Morgan fingerprint density at radius 1 is 1.32 bits per heavy atom. The van der Waals surface area contributed by atoms with Crippen molar-refractivity contribution in [3.05, 3.63) is 0 Å². The van der Waals surface area contributed by atoms with Crippen molar-refractivity contribution in [2.45, 2.75) is 71.9 Å². The summed E-state index contributed by atoms with van der Waals surface area (Å²) < 4.78 is 11.6. The summed E-state index contributed by atoms with van der Waals surface area (Å²) >= 11 is 0. The molecule has 1 aliphatic heterocycles. The van der Waals surface area contributed by atoms with Crippen molar-refractivity contribution in [1.29, 1.82) is 0 Å². The molecule has 0 aromatic carbocycles. The summed E-state index contributed by atoms with van der Waals surface area (Å²) in [5.74, 6) is 0. The van der Waals surface area contributed by atoms with Gasteiger partial charge in [-0.2, -0.15) is 0 Å². The van der Waals surface area contributed by atoms with Crippen LogP contribution in [0.4, 0.5) is 0 Å². The third-order valence-electron chi connectivity index (χ3n) is 4.19. The highest BCUT2D eigenvalue weighted by atomic mass is 16.5. The van der Waals surface area contributed by atoms with Crippen molar-refractivity contribution in [3.63, 3.8) is 0 Å². The Balaban J connectivity index is 2.42. The highest BCUT2D eigenvalue weighted by Crippen LogP contribution is 2.38. The van der Waals surface area contributed by atoms with E-state index in [9.17, 15) is 0 Å². The van der Waals surface area contributed by atoms with Crippen LogP contribution >= 0.6 is 0 Å². The maximum absolute atomic E-state index is 5.82. The van der Waals surface area contributed by atoms with Crippen molar-refractivity contribution in [3.8, 4) is 0 Å². The minimum absolute atomic E-state index is 0.165. The second-order valence-electron chi connectivity index (χ2n) is 6.94. The van der Waals surface area contributed by atoms with Gasteiger partial charge in [0.15, 0.2) is 0 Å². The lowest BCUT2D eigenvalue weighted by atomic mass is 9.78. The van der Waals surface area contributed by atoms with Gasteiger partial charge in [0.05, 0.1) is 6.10 Å². The van der Waals surface area contributed by atoms with E-state index >= 15 is 0 Å². The van der Waals surface area contributed by atoms with Crippen LogP contribution in [0.5, 0.6) is 0 Å². The number of nitrogens with one attached hydrogen (secondary N) is 1. The molecular formula is C16H33NO2. The lowest BCUT2D eigenvalue weighted by molar-refractivity contribution is 0.0296. The number of rotatable bonds is 8. The third kappa shape index (κ3) is 5.80. The van der Waals surface area contributed by atoms with Crippen molar-refractivity contribution < 1.29 is 9.47 Å². The van der Waals surface area contributed by atoms with Crippen molar-refractivity contribution in [2.75, 3.05) is 26.4 Å². The second-order valence-corrected chi connectivity index (χ2v) is 6.94. The molecule has 1 aliphatic rings. The first-order valence-electron chi connectivity index (χ1n) is 7.84. The predicted molar refractivity (Wildman–Crippen MR) is 80.6 cm³/mol. The fraction of sp³-hybridized carbons (Fsp3) is 1.00. The highest BCUT2D eigenvalue weighted by Gasteiger charge is 2.41. The molecule has 0 aromatic heterocycles. The first-order valence-corrected chi connectivity index (χ1v) is 7.84. The van der Waals surface area contributed by atoms with Gasteiger partial charge in [0.25, 0.3) is 0 Å². The smallest absolute Gasteiger partial charge is 0.0617 e. The van der Waals surface area contributed by atoms with Crippen LogP contribution in [0.2, 0.25) is 0 Å². The van der Waals surface area contributed by atoms with Gasteiger partial charge in [-0.25, -0.2) is 0 Å². The molecule has 2 atom stereocenters. The molecule has 3 nitrogen and oxygen atoms in total. The van der Waals surface area contributed by atoms with Gasteiger partial charge in [0, 0.05) is 37.3 Å². The molecule has 114 valence electrons. The molecule has 2 unspecified atom stereocenters. The molecule has 0 saturated carbocycles. The zero-order valence-electron chi connectivity index (χ0n) is 13.6. The summed E-state index contributed by atoms with van der Waals surface area (Å²) in [4.78, 5) is 0. The predicted octanol–water partition coefficient (Wildman–Crippen LogP) is 3.38. The fourth-order valence-electron chi connectivity index (χ4n) is 2.53. The maximum Gasteiger partial charge on any atom is 0.0617 e. The third-order valence-corrected chi connectivity index (χ3v) is 4.19. The molecule has 0 amide bonds. The van der Waals surface area contributed by atoms with Crippen LogP contribution in [0.15, 0.2) is 0 Å². The summed E-state index contributed by atoms with van der Waals surface area (Å²) in [6.07, 6.45) is 4.95. The van der Waals surface area contributed by atoms with Gasteiger partial charge in [0.2, 0.25) is 0 Å². The van der Waals surface area contributed by atoms with E-state index in [1.54, 1.807) is 0 Å². The first-order chi connectivity index (χ1) is 8.90. The Morgan fingerprint density at radius 3 is 2.58 bits per heavy atom. The van der Waals surface area contributed by atoms with Crippen molar-refractivity contribution in [1.82, 2.24) is 5.32 Å². The molecule has 1 N–H and O–H groups in total. The van der Waals surface area contributed by atoms with Gasteiger partial charge >= 0.3 is 0 Å². The summed E-state index contributed by atoms with van der Waals surface area (Å²) in [5.41, 5.74) is 0.415. The van der Waals surface area contributed by atoms with Crippen LogP contribution in [0, 0.1) is 5.41 Å². The first kappa shape index (κ1) is 16.9. The van der Waals surface area contributed by atoms with E-state index in [4.69, 9.17) is 9.47 Å². The Bertz CT molecular complexity index is 250. The Hall–Kier alpha value is -0.120. The van der Waals surface area contributed by atoms with Crippen molar-refractivity contribution in [2.24, 2.45) is 5.41 Å². The van der Waals surface area contributed by atoms with E-state index in [1.807, 2.05) is 0 Å². The lowest BCUT2D eigenvalue weighted by Gasteiger charge is -2.35. The molecule has 1 heterocycles. The van der Waals surface area contributed by atoms with Crippen LogP contribution in [-0.2, 0) is 9.47 Å². The van der Waals surface area contributed by atoms with Crippen molar-refractivity contribution >= 4 is 0 Å². The normalized spacial score (nSPS) is 27.9. The average Bonchev–Trinajstić information content (AvgIpc) is 2.68. The number of unbranched alkanes of at least 4 members (excludes halogenated alkanes) is 1. The quantitative estimate of drug-likeness (QED) is 0.687. The molecule has 0 spiro atoms. The number of ether oxygens (including phenoxy) is 2. The summed E-state index contributed by atoms with van der Waals surface area (Å²) in [6, 6.07) is 0. The van der Waals surface area contributed by atoms with Gasteiger partial charge < -0.3 is 14.8 Å². The largest absolute Gasteiger partial charge is 0.381 e. The van der Waals surface area contributed by atoms with Crippen LogP contribution in [-0.4, -0.2) is 38.0 Å². The zero-order chi connectivity index (χ0) is 14.4. The molecule has 0 aliphatic carbocycles. The molecule has 0 aromatic rings. The van der Waals surface area contributed by atoms with E-state index < -0.39 is 0 Å². The Labute approximate surface area is 119 Å². The van der Waals surface area contributed by atoms with Gasteiger partial charge in [0.1, 0.15) is 0 Å². The van der Waals surface area contributed by atoms with Crippen LogP contribution in [0.3, 0.4) is 0 Å². The fourth-order valence-corrected chi connectivity index (χ4v) is 2.53. The minimum Gasteiger partial charge on any atom is -0.381 e. The molecule has 1 saturated heterocycles. The standard InChI is InChI=1S/C16H33NO2/c1-6-7-10-18-11-8-16(9-12-19-14(16)2)13-17-15(3,4)5/h14,17H,6-13H2,1-5H3. The molecule has 1 rings (SSSR count). The van der Waals surface area contributed by atoms with E-state index in [1.165, 1.54) is 12.8 Å². The van der Waals surface area contributed by atoms with Gasteiger partial charge in [-0.15, -0.1) is 0 Å². The van der Waals surface area contributed by atoms with Crippen LogP contribution in [0.1, 0.15) is 60.3 Å². The Kier molecular flexibility index (Phi) is 6.78. The SMILES string of the molecule is CCCCOCCC1(CNC(C)(C)C)CCOC1C. The lowest BCUT2D eigenvalue weighted by Crippen LogP contribution is -2.47. The summed E-state index contributed by atoms with van der Waals surface area (Å²) in [5, 5.41) is 3.65. The van der Waals surface area contributed by atoms with E-state index in [2.05, 4.69) is 39.9 Å². The van der Waals surface area contributed by atoms with Crippen LogP contribution < -0.4 is 5.32 Å². The molecule has 3 heteroatoms. The van der Waals surface area contributed by atoms with Crippen LogP contribution in [0.25, 0.3) is 0 Å². The molecule has 0 bridgehead atoms.